The van der Waals surface area contributed by atoms with Crippen LogP contribution in [-0.4, -0.2) is 10.9 Å². The smallest absolute Gasteiger partial charge is 0.271 e. The number of thiazole rings is 1. The summed E-state index contributed by atoms with van der Waals surface area (Å²) >= 11 is 3.12. The summed E-state index contributed by atoms with van der Waals surface area (Å²) in [7, 11) is 0. The first-order chi connectivity index (χ1) is 7.25. The Bertz CT molecular complexity index is 448. The average Bonchev–Trinajstić information content (AvgIpc) is 2.84. The Kier molecular flexibility index (Phi) is 3.13. The van der Waals surface area contributed by atoms with Crippen LogP contribution in [0.3, 0.4) is 0 Å². The van der Waals surface area contributed by atoms with E-state index < -0.39 is 0 Å². The number of rotatable bonds is 3. The third-order valence-corrected chi connectivity index (χ3v) is 3.47. The number of amides is 1. The fraction of sp³-hybridized carbons (Fsp3) is 0.200. The fourth-order valence-corrected chi connectivity index (χ4v) is 2.52. The maximum absolute atomic E-state index is 11.5. The highest BCUT2D eigenvalue weighted by molar-refractivity contribution is 7.11. The van der Waals surface area contributed by atoms with Crippen LogP contribution in [0, 0.1) is 6.92 Å². The minimum absolute atomic E-state index is 0.109. The zero-order valence-corrected chi connectivity index (χ0v) is 9.82. The van der Waals surface area contributed by atoms with E-state index in [1.807, 2.05) is 6.07 Å². The largest absolute Gasteiger partial charge is 0.346 e. The summed E-state index contributed by atoms with van der Waals surface area (Å²) in [5, 5.41) is 4.58. The predicted octanol–water partition coefficient (Wildman–Crippen LogP) is 2.44. The zero-order valence-electron chi connectivity index (χ0n) is 8.19. The van der Waals surface area contributed by atoms with E-state index in [-0.39, 0.29) is 5.91 Å². The molecule has 0 bridgehead atoms. The molecule has 0 fully saturated rings. The van der Waals surface area contributed by atoms with Gasteiger partial charge in [0.05, 0.1) is 12.1 Å². The van der Waals surface area contributed by atoms with Gasteiger partial charge in [-0.2, -0.15) is 0 Å². The van der Waals surface area contributed by atoms with Gasteiger partial charge in [0.2, 0.25) is 0 Å². The third kappa shape index (κ3) is 2.64. The lowest BCUT2D eigenvalue weighted by Crippen LogP contribution is -2.22. The number of hydrogen-bond acceptors (Lipinski definition) is 4. The molecule has 3 nitrogen and oxygen atoms in total. The summed E-state index contributed by atoms with van der Waals surface area (Å²) in [5.41, 5.74) is 2.15. The lowest BCUT2D eigenvalue weighted by atomic mass is 10.4. The van der Waals surface area contributed by atoms with Gasteiger partial charge in [-0.1, -0.05) is 0 Å². The molecule has 2 aromatic rings. The first kappa shape index (κ1) is 10.3. The summed E-state index contributed by atoms with van der Waals surface area (Å²) in [6.07, 6.45) is 0. The molecular weight excluding hydrogens is 228 g/mol. The third-order valence-electron chi connectivity index (χ3n) is 1.88. The Morgan fingerprint density at radius 2 is 2.40 bits per heavy atom. The van der Waals surface area contributed by atoms with Gasteiger partial charge in [0.25, 0.3) is 5.91 Å². The van der Waals surface area contributed by atoms with Crippen molar-refractivity contribution in [2.45, 2.75) is 13.5 Å². The molecule has 0 atom stereocenters. The number of aromatic nitrogens is 1. The molecule has 2 heterocycles. The van der Waals surface area contributed by atoms with Crippen molar-refractivity contribution in [1.29, 1.82) is 0 Å². The average molecular weight is 238 g/mol. The van der Waals surface area contributed by atoms with Crippen molar-refractivity contribution in [3.05, 3.63) is 38.5 Å². The topological polar surface area (TPSA) is 42.0 Å². The fourth-order valence-electron chi connectivity index (χ4n) is 1.16. The van der Waals surface area contributed by atoms with Crippen LogP contribution in [-0.2, 0) is 6.54 Å². The van der Waals surface area contributed by atoms with E-state index in [0.29, 0.717) is 12.2 Å². The number of carbonyl (C=O) groups excluding carboxylic acids is 1. The molecule has 0 radical (unpaired) electrons. The van der Waals surface area contributed by atoms with Crippen molar-refractivity contribution < 1.29 is 4.79 Å². The van der Waals surface area contributed by atoms with Gasteiger partial charge in [-0.3, -0.25) is 4.79 Å². The van der Waals surface area contributed by atoms with Gasteiger partial charge in [0, 0.05) is 15.1 Å². The summed E-state index contributed by atoms with van der Waals surface area (Å²) < 4.78 is 0. The predicted molar refractivity (Wildman–Crippen MR) is 62.3 cm³/mol. The van der Waals surface area contributed by atoms with E-state index in [9.17, 15) is 4.79 Å². The second-order valence-electron chi connectivity index (χ2n) is 3.07. The van der Waals surface area contributed by atoms with Gasteiger partial charge in [0.15, 0.2) is 0 Å². The molecule has 2 aromatic heterocycles. The van der Waals surface area contributed by atoms with Crippen LogP contribution in [0.25, 0.3) is 0 Å². The SMILES string of the molecule is Cc1ccc(CNC(=O)c2cscn2)s1. The maximum atomic E-state index is 11.5. The molecule has 0 unspecified atom stereocenters. The number of nitrogens with one attached hydrogen (secondary N) is 1. The van der Waals surface area contributed by atoms with Crippen LogP contribution in [0.15, 0.2) is 23.0 Å². The minimum Gasteiger partial charge on any atom is -0.346 e. The van der Waals surface area contributed by atoms with Crippen molar-refractivity contribution >= 4 is 28.6 Å². The van der Waals surface area contributed by atoms with Gasteiger partial charge < -0.3 is 5.32 Å². The molecule has 2 rings (SSSR count). The molecule has 0 saturated heterocycles. The van der Waals surface area contributed by atoms with Crippen LogP contribution < -0.4 is 5.32 Å². The van der Waals surface area contributed by atoms with Crippen molar-refractivity contribution in [2.24, 2.45) is 0 Å². The van der Waals surface area contributed by atoms with E-state index >= 15 is 0 Å². The van der Waals surface area contributed by atoms with E-state index in [4.69, 9.17) is 0 Å². The number of carbonyl (C=O) groups is 1. The first-order valence-corrected chi connectivity index (χ1v) is 6.23. The Balaban J connectivity index is 1.91. The van der Waals surface area contributed by atoms with Crippen LogP contribution in [0.2, 0.25) is 0 Å². The Labute approximate surface area is 95.8 Å². The molecule has 0 aromatic carbocycles. The van der Waals surface area contributed by atoms with E-state index in [1.54, 1.807) is 22.2 Å². The molecule has 0 spiro atoms. The number of hydrogen-bond donors (Lipinski definition) is 1. The van der Waals surface area contributed by atoms with Gasteiger partial charge in [0.1, 0.15) is 5.69 Å². The molecule has 5 heteroatoms. The number of thiophene rings is 1. The summed E-state index contributed by atoms with van der Waals surface area (Å²) in [6.45, 7) is 2.63. The van der Waals surface area contributed by atoms with Crippen LogP contribution in [0.1, 0.15) is 20.2 Å². The summed E-state index contributed by atoms with van der Waals surface area (Å²) in [6, 6.07) is 4.08. The molecule has 0 saturated carbocycles. The van der Waals surface area contributed by atoms with Gasteiger partial charge >= 0.3 is 0 Å². The highest BCUT2D eigenvalue weighted by Gasteiger charge is 2.06. The van der Waals surface area contributed by atoms with E-state index in [0.717, 1.165) is 4.88 Å². The van der Waals surface area contributed by atoms with E-state index in [2.05, 4.69) is 23.3 Å². The zero-order chi connectivity index (χ0) is 10.7. The van der Waals surface area contributed by atoms with Crippen molar-refractivity contribution in [3.8, 4) is 0 Å². The van der Waals surface area contributed by atoms with Crippen LogP contribution in [0.5, 0.6) is 0 Å². The quantitative estimate of drug-likeness (QED) is 0.892. The normalized spacial score (nSPS) is 10.2. The van der Waals surface area contributed by atoms with Gasteiger partial charge in [-0.25, -0.2) is 4.98 Å². The number of nitrogens with zero attached hydrogens (tertiary/aromatic N) is 1. The molecule has 0 aliphatic carbocycles. The monoisotopic (exact) mass is 238 g/mol. The molecule has 1 N–H and O–H groups in total. The summed E-state index contributed by atoms with van der Waals surface area (Å²) in [5.74, 6) is -0.109. The van der Waals surface area contributed by atoms with Crippen molar-refractivity contribution in [3.63, 3.8) is 0 Å². The Morgan fingerprint density at radius 3 is 3.00 bits per heavy atom. The summed E-state index contributed by atoms with van der Waals surface area (Å²) in [4.78, 5) is 17.9. The molecule has 15 heavy (non-hydrogen) atoms. The second-order valence-corrected chi connectivity index (χ2v) is 5.16. The molecule has 1 amide bonds. The Morgan fingerprint density at radius 1 is 1.53 bits per heavy atom. The van der Waals surface area contributed by atoms with Crippen LogP contribution in [0.4, 0.5) is 0 Å². The lowest BCUT2D eigenvalue weighted by molar-refractivity contribution is 0.0947. The molecule has 0 aliphatic rings. The highest BCUT2D eigenvalue weighted by Crippen LogP contribution is 2.14. The van der Waals surface area contributed by atoms with Crippen molar-refractivity contribution in [1.82, 2.24) is 10.3 Å². The van der Waals surface area contributed by atoms with Crippen molar-refractivity contribution in [2.75, 3.05) is 0 Å². The van der Waals surface area contributed by atoms with Gasteiger partial charge in [-0.05, 0) is 19.1 Å². The highest BCUT2D eigenvalue weighted by atomic mass is 32.1. The number of aryl methyl sites for hydroxylation is 1. The molecular formula is C10H10N2OS2. The first-order valence-electron chi connectivity index (χ1n) is 4.47. The lowest BCUT2D eigenvalue weighted by Gasteiger charge is -1.99. The van der Waals surface area contributed by atoms with E-state index in [1.165, 1.54) is 16.2 Å². The molecule has 78 valence electrons. The Hall–Kier alpha value is -1.20. The second kappa shape index (κ2) is 4.55. The maximum Gasteiger partial charge on any atom is 0.271 e. The van der Waals surface area contributed by atoms with Crippen LogP contribution >= 0.6 is 22.7 Å². The standard InChI is InChI=1S/C10H10N2OS2/c1-7-2-3-8(15-7)4-11-10(13)9-5-14-6-12-9/h2-3,5-6H,4H2,1H3,(H,11,13). The van der Waals surface area contributed by atoms with Gasteiger partial charge in [-0.15, -0.1) is 22.7 Å². The molecule has 0 aliphatic heterocycles. The minimum atomic E-state index is -0.109.